The Kier molecular flexibility index (Phi) is 3.66. The van der Waals surface area contributed by atoms with Gasteiger partial charge in [0.25, 0.3) is 5.91 Å². The van der Waals surface area contributed by atoms with Gasteiger partial charge < -0.3 is 19.7 Å². The Morgan fingerprint density at radius 1 is 1.35 bits per heavy atom. The minimum Gasteiger partial charge on any atom is -0.378 e. The maximum absolute atomic E-state index is 12.6. The van der Waals surface area contributed by atoms with Crippen LogP contribution in [0, 0.1) is 6.92 Å². The van der Waals surface area contributed by atoms with Crippen molar-refractivity contribution in [2.45, 2.75) is 25.6 Å². The van der Waals surface area contributed by atoms with Gasteiger partial charge in [0.2, 0.25) is 0 Å². The molecule has 0 saturated carbocycles. The van der Waals surface area contributed by atoms with Crippen LogP contribution < -0.4 is 5.32 Å². The normalized spacial score (nSPS) is 21.4. The molecule has 3 heterocycles. The molecule has 6 nitrogen and oxygen atoms in total. The second kappa shape index (κ2) is 5.31. The largest absolute Gasteiger partial charge is 0.378 e. The summed E-state index contributed by atoms with van der Waals surface area (Å²) in [5, 5.41) is 3.88. The van der Waals surface area contributed by atoms with Crippen molar-refractivity contribution in [2.24, 2.45) is 0 Å². The lowest BCUT2D eigenvalue weighted by molar-refractivity contribution is -0.181. The van der Waals surface area contributed by atoms with E-state index in [0.29, 0.717) is 31.9 Å². The van der Waals surface area contributed by atoms with Crippen LogP contribution in [0.2, 0.25) is 0 Å². The summed E-state index contributed by atoms with van der Waals surface area (Å²) in [5.41, 5.74) is 1.49. The van der Waals surface area contributed by atoms with Crippen LogP contribution in [0.1, 0.15) is 28.9 Å². The number of nitrogens with zero attached hydrogens (tertiary/aromatic N) is 2. The molecule has 2 aliphatic rings. The Morgan fingerprint density at radius 2 is 2.00 bits per heavy atom. The van der Waals surface area contributed by atoms with E-state index in [1.165, 1.54) is 11.5 Å². The minimum absolute atomic E-state index is 0.0495. The predicted molar refractivity (Wildman–Crippen MR) is 76.2 cm³/mol. The lowest BCUT2D eigenvalue weighted by Crippen LogP contribution is -2.47. The number of hydrogen-bond acceptors (Lipinski definition) is 6. The van der Waals surface area contributed by atoms with Gasteiger partial charge in [0.15, 0.2) is 5.79 Å². The van der Waals surface area contributed by atoms with Gasteiger partial charge in [0, 0.05) is 33.0 Å². The topological polar surface area (TPSA) is 63.7 Å². The van der Waals surface area contributed by atoms with E-state index in [2.05, 4.69) is 9.69 Å². The number of likely N-dealkylation sites (tertiary alicyclic amines) is 1. The van der Waals surface area contributed by atoms with E-state index >= 15 is 0 Å². The highest BCUT2D eigenvalue weighted by molar-refractivity contribution is 7.10. The first-order valence-electron chi connectivity index (χ1n) is 6.86. The number of ether oxygens (including phenoxy) is 2. The number of carbonyl (C=O) groups is 1. The van der Waals surface area contributed by atoms with E-state index in [9.17, 15) is 4.79 Å². The Labute approximate surface area is 122 Å². The maximum Gasteiger partial charge on any atom is 0.258 e. The standard InChI is InChI=1S/C13H19N3O3S/c1-9-10(11(14-2)20-15-9)12(17)16-5-3-13(4-6-16)18-7-8-19-13/h14H,3-8H2,1-2H3. The molecule has 1 aromatic heterocycles. The number of nitrogens with one attached hydrogen (secondary N) is 1. The van der Waals surface area contributed by atoms with Crippen molar-refractivity contribution in [1.82, 2.24) is 9.27 Å². The minimum atomic E-state index is -0.440. The molecule has 1 N–H and O–H groups in total. The molecule has 1 amide bonds. The zero-order valence-electron chi connectivity index (χ0n) is 11.8. The van der Waals surface area contributed by atoms with Gasteiger partial charge >= 0.3 is 0 Å². The van der Waals surface area contributed by atoms with Crippen molar-refractivity contribution < 1.29 is 14.3 Å². The monoisotopic (exact) mass is 297 g/mol. The second-order valence-corrected chi connectivity index (χ2v) is 5.90. The molecule has 1 spiro atoms. The number of anilines is 1. The first-order chi connectivity index (χ1) is 9.65. The number of carbonyl (C=O) groups excluding carboxylic acids is 1. The third-order valence-corrected chi connectivity index (χ3v) is 4.89. The van der Waals surface area contributed by atoms with Gasteiger partial charge in [-0.15, -0.1) is 0 Å². The molecule has 3 rings (SSSR count). The number of rotatable bonds is 2. The van der Waals surface area contributed by atoms with Gasteiger partial charge in [-0.1, -0.05) is 0 Å². The summed E-state index contributed by atoms with van der Waals surface area (Å²) in [6, 6.07) is 0. The van der Waals surface area contributed by atoms with E-state index in [1.807, 2.05) is 18.9 Å². The molecule has 0 aliphatic carbocycles. The van der Waals surface area contributed by atoms with Crippen LogP contribution in [0.4, 0.5) is 5.00 Å². The number of amides is 1. The Balaban J connectivity index is 1.71. The SMILES string of the molecule is CNc1snc(C)c1C(=O)N1CCC2(CC1)OCCO2. The molecule has 7 heteroatoms. The third-order valence-electron chi connectivity index (χ3n) is 3.93. The van der Waals surface area contributed by atoms with Crippen molar-refractivity contribution in [3.63, 3.8) is 0 Å². The molecule has 20 heavy (non-hydrogen) atoms. The summed E-state index contributed by atoms with van der Waals surface area (Å²) in [5.74, 6) is -0.390. The van der Waals surface area contributed by atoms with Gasteiger partial charge in [0.1, 0.15) is 5.00 Å². The van der Waals surface area contributed by atoms with Crippen LogP contribution in [0.5, 0.6) is 0 Å². The number of hydrogen-bond donors (Lipinski definition) is 1. The molecular formula is C13H19N3O3S. The fourth-order valence-electron chi connectivity index (χ4n) is 2.79. The fraction of sp³-hybridized carbons (Fsp3) is 0.692. The van der Waals surface area contributed by atoms with E-state index in [1.54, 1.807) is 0 Å². The van der Waals surface area contributed by atoms with Crippen LogP contribution in [-0.4, -0.2) is 54.3 Å². The zero-order chi connectivity index (χ0) is 14.2. The molecule has 2 saturated heterocycles. The molecule has 0 bridgehead atoms. The first kappa shape index (κ1) is 13.8. The van der Waals surface area contributed by atoms with Crippen LogP contribution >= 0.6 is 11.5 Å². The quantitative estimate of drug-likeness (QED) is 0.895. The molecule has 1 aromatic rings. The van der Waals surface area contributed by atoms with Crippen LogP contribution in [-0.2, 0) is 9.47 Å². The molecule has 0 unspecified atom stereocenters. The molecule has 2 fully saturated rings. The van der Waals surface area contributed by atoms with Gasteiger partial charge in [0.05, 0.1) is 24.5 Å². The van der Waals surface area contributed by atoms with E-state index < -0.39 is 5.79 Å². The van der Waals surface area contributed by atoms with Gasteiger partial charge in [-0.2, -0.15) is 4.37 Å². The number of piperidine rings is 1. The van der Waals surface area contributed by atoms with Crippen molar-refractivity contribution in [2.75, 3.05) is 38.7 Å². The van der Waals surface area contributed by atoms with Crippen molar-refractivity contribution in [3.05, 3.63) is 11.3 Å². The van der Waals surface area contributed by atoms with Crippen LogP contribution in [0.15, 0.2) is 0 Å². The predicted octanol–water partition coefficient (Wildman–Crippen LogP) is 1.47. The molecule has 0 atom stereocenters. The summed E-state index contributed by atoms with van der Waals surface area (Å²) in [6.45, 7) is 4.52. The lowest BCUT2D eigenvalue weighted by Gasteiger charge is -2.37. The van der Waals surface area contributed by atoms with E-state index in [0.717, 1.165) is 23.5 Å². The van der Waals surface area contributed by atoms with E-state index in [-0.39, 0.29) is 5.91 Å². The average Bonchev–Trinajstić information content (AvgIpc) is 3.06. The number of aryl methyl sites for hydroxylation is 1. The maximum atomic E-state index is 12.6. The Morgan fingerprint density at radius 3 is 2.60 bits per heavy atom. The summed E-state index contributed by atoms with van der Waals surface area (Å²) in [4.78, 5) is 14.5. The zero-order valence-corrected chi connectivity index (χ0v) is 12.6. The Bertz CT molecular complexity index is 501. The van der Waals surface area contributed by atoms with Crippen LogP contribution in [0.25, 0.3) is 0 Å². The summed E-state index contributed by atoms with van der Waals surface area (Å²) in [7, 11) is 1.81. The highest BCUT2D eigenvalue weighted by atomic mass is 32.1. The molecule has 110 valence electrons. The molecule has 0 aromatic carbocycles. The third kappa shape index (κ3) is 2.30. The molecule has 0 radical (unpaired) electrons. The molecule has 2 aliphatic heterocycles. The van der Waals surface area contributed by atoms with Gasteiger partial charge in [-0.25, -0.2) is 0 Å². The summed E-state index contributed by atoms with van der Waals surface area (Å²) in [6.07, 6.45) is 1.48. The number of aromatic nitrogens is 1. The van der Waals surface area contributed by atoms with Crippen molar-refractivity contribution >= 4 is 22.4 Å². The molecular weight excluding hydrogens is 278 g/mol. The van der Waals surface area contributed by atoms with Crippen molar-refractivity contribution in [3.8, 4) is 0 Å². The summed E-state index contributed by atoms with van der Waals surface area (Å²) < 4.78 is 15.6. The van der Waals surface area contributed by atoms with E-state index in [4.69, 9.17) is 9.47 Å². The average molecular weight is 297 g/mol. The smallest absolute Gasteiger partial charge is 0.258 e. The van der Waals surface area contributed by atoms with Crippen LogP contribution in [0.3, 0.4) is 0 Å². The summed E-state index contributed by atoms with van der Waals surface area (Å²) >= 11 is 1.33. The van der Waals surface area contributed by atoms with Gasteiger partial charge in [-0.3, -0.25) is 4.79 Å². The van der Waals surface area contributed by atoms with Crippen molar-refractivity contribution in [1.29, 1.82) is 0 Å². The highest BCUT2D eigenvalue weighted by Crippen LogP contribution is 2.33. The highest BCUT2D eigenvalue weighted by Gasteiger charge is 2.41. The fourth-order valence-corrected chi connectivity index (χ4v) is 3.52. The Hall–Kier alpha value is -1.18. The first-order valence-corrected chi connectivity index (χ1v) is 7.64. The lowest BCUT2D eigenvalue weighted by atomic mass is 10.0. The second-order valence-electron chi connectivity index (χ2n) is 5.12. The van der Waals surface area contributed by atoms with Gasteiger partial charge in [-0.05, 0) is 18.5 Å².